The van der Waals surface area contributed by atoms with E-state index in [4.69, 9.17) is 0 Å². The van der Waals surface area contributed by atoms with Gasteiger partial charge in [0.2, 0.25) is 0 Å². The summed E-state index contributed by atoms with van der Waals surface area (Å²) in [5, 5.41) is 4.45. The van der Waals surface area contributed by atoms with E-state index < -0.39 is 0 Å². The lowest BCUT2D eigenvalue weighted by molar-refractivity contribution is 0.0627. The van der Waals surface area contributed by atoms with Crippen molar-refractivity contribution in [2.45, 2.75) is 59.5 Å². The summed E-state index contributed by atoms with van der Waals surface area (Å²) in [6.07, 6.45) is 1.73. The van der Waals surface area contributed by atoms with Gasteiger partial charge in [-0.05, 0) is 44.7 Å². The van der Waals surface area contributed by atoms with Gasteiger partial charge < -0.3 is 4.90 Å². The number of hydrogen-bond acceptors (Lipinski definition) is 3. The fourth-order valence-corrected chi connectivity index (χ4v) is 3.84. The van der Waals surface area contributed by atoms with Crippen LogP contribution in [0.5, 0.6) is 0 Å². The molecule has 5 nitrogen and oxygen atoms in total. The van der Waals surface area contributed by atoms with Crippen LogP contribution in [0, 0.1) is 6.92 Å². The normalized spacial score (nSPS) is 16.0. The highest BCUT2D eigenvalue weighted by Crippen LogP contribution is 2.21. The molecule has 1 amide bonds. The van der Waals surface area contributed by atoms with Crippen molar-refractivity contribution in [1.82, 2.24) is 19.6 Å². The SMILES string of the molecule is Cc1c(C(=O)N2CCN(Cc3ccc(C(C)C)cc3)CC2)cnn1C(C)(C)C. The van der Waals surface area contributed by atoms with E-state index in [-0.39, 0.29) is 11.4 Å². The second-order valence-corrected chi connectivity index (χ2v) is 9.19. The quantitative estimate of drug-likeness (QED) is 0.802. The molecule has 0 N–H and O–H groups in total. The molecule has 0 unspecified atom stereocenters. The molecule has 1 fully saturated rings. The van der Waals surface area contributed by atoms with Gasteiger partial charge in [-0.3, -0.25) is 14.4 Å². The Morgan fingerprint density at radius 3 is 2.18 bits per heavy atom. The number of amides is 1. The molecule has 0 bridgehead atoms. The molecule has 1 aromatic carbocycles. The van der Waals surface area contributed by atoms with Gasteiger partial charge in [-0.1, -0.05) is 38.1 Å². The molecule has 1 aliphatic heterocycles. The Morgan fingerprint density at radius 1 is 1.07 bits per heavy atom. The Bertz CT molecular complexity index is 806. The van der Waals surface area contributed by atoms with Crippen molar-refractivity contribution < 1.29 is 4.79 Å². The van der Waals surface area contributed by atoms with E-state index >= 15 is 0 Å². The molecule has 0 spiro atoms. The maximum absolute atomic E-state index is 13.0. The zero-order valence-corrected chi connectivity index (χ0v) is 18.2. The largest absolute Gasteiger partial charge is 0.336 e. The van der Waals surface area contributed by atoms with E-state index in [0.29, 0.717) is 5.92 Å². The van der Waals surface area contributed by atoms with E-state index in [2.05, 4.69) is 68.9 Å². The lowest BCUT2D eigenvalue weighted by atomic mass is 10.0. The third kappa shape index (κ3) is 4.46. The first-order chi connectivity index (χ1) is 13.2. The van der Waals surface area contributed by atoms with Crippen LogP contribution in [0.15, 0.2) is 30.5 Å². The molecule has 0 aliphatic carbocycles. The standard InChI is InChI=1S/C23H34N4O/c1-17(2)20-9-7-19(8-10-20)16-25-11-13-26(14-12-25)22(28)21-15-24-27(18(21)3)23(4,5)6/h7-10,15,17H,11-14,16H2,1-6H3. The summed E-state index contributed by atoms with van der Waals surface area (Å²) in [6, 6.07) is 8.93. The van der Waals surface area contributed by atoms with Crippen molar-refractivity contribution in [3.8, 4) is 0 Å². The molecule has 2 aromatic rings. The first-order valence-corrected chi connectivity index (χ1v) is 10.3. The van der Waals surface area contributed by atoms with Crippen LogP contribution in [-0.2, 0) is 12.1 Å². The van der Waals surface area contributed by atoms with Gasteiger partial charge in [-0.15, -0.1) is 0 Å². The molecule has 152 valence electrons. The van der Waals surface area contributed by atoms with Crippen LogP contribution in [0.3, 0.4) is 0 Å². The van der Waals surface area contributed by atoms with Gasteiger partial charge in [0.1, 0.15) is 0 Å². The number of carbonyl (C=O) groups is 1. The minimum Gasteiger partial charge on any atom is -0.336 e. The fourth-order valence-electron chi connectivity index (χ4n) is 3.84. The summed E-state index contributed by atoms with van der Waals surface area (Å²) in [4.78, 5) is 17.4. The van der Waals surface area contributed by atoms with Gasteiger partial charge in [0, 0.05) is 38.4 Å². The van der Waals surface area contributed by atoms with E-state index in [0.717, 1.165) is 44.0 Å². The summed E-state index contributed by atoms with van der Waals surface area (Å²) in [5.74, 6) is 0.670. The molecular formula is C23H34N4O. The number of aromatic nitrogens is 2. The molecule has 3 rings (SSSR count). The minimum absolute atomic E-state index is 0.105. The number of benzene rings is 1. The van der Waals surface area contributed by atoms with Gasteiger partial charge >= 0.3 is 0 Å². The van der Waals surface area contributed by atoms with Gasteiger partial charge in [0.15, 0.2) is 0 Å². The summed E-state index contributed by atoms with van der Waals surface area (Å²) >= 11 is 0. The highest BCUT2D eigenvalue weighted by Gasteiger charge is 2.27. The molecule has 1 aromatic heterocycles. The lowest BCUT2D eigenvalue weighted by Crippen LogP contribution is -2.48. The zero-order chi connectivity index (χ0) is 20.5. The Labute approximate surface area is 169 Å². The molecular weight excluding hydrogens is 348 g/mol. The summed E-state index contributed by atoms with van der Waals surface area (Å²) < 4.78 is 1.94. The molecule has 0 atom stereocenters. The van der Waals surface area contributed by atoms with E-state index in [9.17, 15) is 4.79 Å². The first kappa shape index (κ1) is 20.6. The van der Waals surface area contributed by atoms with Gasteiger partial charge in [-0.25, -0.2) is 0 Å². The van der Waals surface area contributed by atoms with Crippen molar-refractivity contribution in [2.75, 3.05) is 26.2 Å². The second kappa shape index (κ2) is 8.08. The van der Waals surface area contributed by atoms with Crippen LogP contribution >= 0.6 is 0 Å². The summed E-state index contributed by atoms with van der Waals surface area (Å²) in [5.41, 5.74) is 4.28. The molecule has 2 heterocycles. The molecule has 1 aliphatic rings. The van der Waals surface area contributed by atoms with Gasteiger partial charge in [0.05, 0.1) is 17.3 Å². The zero-order valence-electron chi connectivity index (χ0n) is 18.2. The summed E-state index contributed by atoms with van der Waals surface area (Å²) in [6.45, 7) is 17.0. The molecule has 0 saturated carbocycles. The number of carbonyl (C=O) groups excluding carboxylic acids is 1. The maximum atomic E-state index is 13.0. The second-order valence-electron chi connectivity index (χ2n) is 9.19. The number of piperazine rings is 1. The average molecular weight is 383 g/mol. The molecule has 5 heteroatoms. The van der Waals surface area contributed by atoms with Gasteiger partial charge in [-0.2, -0.15) is 5.10 Å². The van der Waals surface area contributed by atoms with Crippen LogP contribution in [0.4, 0.5) is 0 Å². The third-order valence-electron chi connectivity index (χ3n) is 5.59. The molecule has 28 heavy (non-hydrogen) atoms. The minimum atomic E-state index is -0.119. The molecule has 0 radical (unpaired) electrons. The first-order valence-electron chi connectivity index (χ1n) is 10.3. The van der Waals surface area contributed by atoms with Crippen molar-refractivity contribution in [1.29, 1.82) is 0 Å². The van der Waals surface area contributed by atoms with Crippen molar-refractivity contribution in [3.63, 3.8) is 0 Å². The van der Waals surface area contributed by atoms with Crippen LogP contribution in [0.2, 0.25) is 0 Å². The Hall–Kier alpha value is -2.14. The fraction of sp³-hybridized carbons (Fsp3) is 0.565. The van der Waals surface area contributed by atoms with Crippen molar-refractivity contribution in [3.05, 3.63) is 52.8 Å². The van der Waals surface area contributed by atoms with E-state index in [1.54, 1.807) is 6.20 Å². The van der Waals surface area contributed by atoms with Gasteiger partial charge in [0.25, 0.3) is 5.91 Å². The van der Waals surface area contributed by atoms with Crippen LogP contribution in [0.1, 0.15) is 67.7 Å². The van der Waals surface area contributed by atoms with E-state index in [1.807, 2.05) is 16.5 Å². The predicted octanol–water partition coefficient (Wildman–Crippen LogP) is 4.03. The number of nitrogens with zero attached hydrogens (tertiary/aromatic N) is 4. The Morgan fingerprint density at radius 2 is 1.68 bits per heavy atom. The third-order valence-corrected chi connectivity index (χ3v) is 5.59. The predicted molar refractivity (Wildman–Crippen MR) is 114 cm³/mol. The Balaban J connectivity index is 1.58. The van der Waals surface area contributed by atoms with Crippen LogP contribution < -0.4 is 0 Å². The Kier molecular flexibility index (Phi) is 5.94. The lowest BCUT2D eigenvalue weighted by Gasteiger charge is -2.34. The number of rotatable bonds is 4. The highest BCUT2D eigenvalue weighted by molar-refractivity contribution is 5.95. The molecule has 1 saturated heterocycles. The monoisotopic (exact) mass is 382 g/mol. The summed E-state index contributed by atoms with van der Waals surface area (Å²) in [7, 11) is 0. The maximum Gasteiger partial charge on any atom is 0.257 e. The number of hydrogen-bond donors (Lipinski definition) is 0. The smallest absolute Gasteiger partial charge is 0.257 e. The highest BCUT2D eigenvalue weighted by atomic mass is 16.2. The van der Waals surface area contributed by atoms with Crippen molar-refractivity contribution >= 4 is 5.91 Å². The van der Waals surface area contributed by atoms with Crippen LogP contribution in [0.25, 0.3) is 0 Å². The topological polar surface area (TPSA) is 41.4 Å². The van der Waals surface area contributed by atoms with Crippen molar-refractivity contribution in [2.24, 2.45) is 0 Å². The van der Waals surface area contributed by atoms with E-state index in [1.165, 1.54) is 11.1 Å². The average Bonchev–Trinajstić information content (AvgIpc) is 3.04. The van der Waals surface area contributed by atoms with Crippen LogP contribution in [-0.4, -0.2) is 51.7 Å².